The van der Waals surface area contributed by atoms with Crippen molar-refractivity contribution >= 4 is 0 Å². The highest BCUT2D eigenvalue weighted by atomic mass is 16.5. The van der Waals surface area contributed by atoms with Gasteiger partial charge in [-0.2, -0.15) is 0 Å². The lowest BCUT2D eigenvalue weighted by molar-refractivity contribution is 0.122. The average molecular weight is 118 g/mol. The summed E-state index contributed by atoms with van der Waals surface area (Å²) in [5, 5.41) is 8.92. The molecule has 0 radical (unpaired) electrons. The molecule has 0 aliphatic carbocycles. The molecule has 1 rings (SSSR count). The maximum atomic E-state index is 8.92. The number of hydrogen-bond acceptors (Lipinski definition) is 4. The van der Waals surface area contributed by atoms with Crippen LogP contribution in [0.3, 0.4) is 0 Å². The Bertz CT molecular complexity index is 78.4. The zero-order valence-electron chi connectivity index (χ0n) is 4.50. The van der Waals surface area contributed by atoms with Gasteiger partial charge >= 0.3 is 0 Å². The molecule has 0 amide bonds. The first kappa shape index (κ1) is 5.97. The minimum Gasteiger partial charge on any atom is -0.389 e. The molecule has 1 fully saturated rings. The summed E-state index contributed by atoms with van der Waals surface area (Å²) < 4.78 is 4.87. The monoisotopic (exact) mass is 118 g/mol. The number of aliphatic hydroxyl groups excluding tert-OH is 1. The molecule has 2 unspecified atom stereocenters. The summed E-state index contributed by atoms with van der Waals surface area (Å²) in [5.41, 5.74) is 2.44. The highest BCUT2D eigenvalue weighted by Gasteiger charge is 2.24. The first-order valence-electron chi connectivity index (χ1n) is 2.56. The summed E-state index contributed by atoms with van der Waals surface area (Å²) in [6.45, 7) is 0.909. The molecule has 4 nitrogen and oxygen atoms in total. The van der Waals surface area contributed by atoms with Crippen molar-refractivity contribution in [3.63, 3.8) is 0 Å². The molecule has 0 spiro atoms. The molecule has 0 saturated carbocycles. The van der Waals surface area contributed by atoms with E-state index in [2.05, 4.69) is 5.43 Å². The molecular formula is C4H10N2O2. The lowest BCUT2D eigenvalue weighted by Crippen LogP contribution is -2.42. The van der Waals surface area contributed by atoms with Crippen molar-refractivity contribution in [2.24, 2.45) is 5.84 Å². The quantitative estimate of drug-likeness (QED) is 0.281. The molecule has 4 N–H and O–H groups in total. The molecule has 0 aromatic heterocycles. The molecule has 0 bridgehead atoms. The summed E-state index contributed by atoms with van der Waals surface area (Å²) in [6.07, 6.45) is -0.431. The Kier molecular flexibility index (Phi) is 1.80. The van der Waals surface area contributed by atoms with Crippen molar-refractivity contribution in [2.45, 2.75) is 12.1 Å². The molecule has 4 heteroatoms. The van der Waals surface area contributed by atoms with Gasteiger partial charge in [-0.05, 0) is 0 Å². The Morgan fingerprint density at radius 3 is 2.62 bits per heavy atom. The van der Waals surface area contributed by atoms with Crippen LogP contribution in [0.4, 0.5) is 0 Å². The maximum Gasteiger partial charge on any atom is 0.0962 e. The zero-order valence-corrected chi connectivity index (χ0v) is 4.50. The van der Waals surface area contributed by atoms with Crippen molar-refractivity contribution in [1.82, 2.24) is 5.43 Å². The first-order valence-corrected chi connectivity index (χ1v) is 2.56. The van der Waals surface area contributed by atoms with Crippen LogP contribution in [0.15, 0.2) is 0 Å². The Balaban J connectivity index is 2.30. The second kappa shape index (κ2) is 2.41. The molecule has 1 aliphatic heterocycles. The van der Waals surface area contributed by atoms with E-state index in [-0.39, 0.29) is 6.04 Å². The van der Waals surface area contributed by atoms with Gasteiger partial charge < -0.3 is 9.84 Å². The molecule has 48 valence electrons. The van der Waals surface area contributed by atoms with Crippen LogP contribution >= 0.6 is 0 Å². The van der Waals surface area contributed by atoms with E-state index in [0.717, 1.165) is 0 Å². The van der Waals surface area contributed by atoms with Crippen molar-refractivity contribution < 1.29 is 9.84 Å². The predicted molar refractivity (Wildman–Crippen MR) is 27.9 cm³/mol. The van der Waals surface area contributed by atoms with E-state index >= 15 is 0 Å². The fraction of sp³-hybridized carbons (Fsp3) is 1.00. The van der Waals surface area contributed by atoms with Gasteiger partial charge in [0.05, 0.1) is 25.4 Å². The minimum absolute atomic E-state index is 0.0741. The highest BCUT2D eigenvalue weighted by Crippen LogP contribution is 2.02. The zero-order chi connectivity index (χ0) is 5.98. The van der Waals surface area contributed by atoms with Crippen LogP contribution in [0, 0.1) is 0 Å². The summed E-state index contributed by atoms with van der Waals surface area (Å²) >= 11 is 0. The van der Waals surface area contributed by atoms with Crippen LogP contribution in [0.1, 0.15) is 0 Å². The number of aliphatic hydroxyl groups is 1. The fourth-order valence-corrected chi connectivity index (χ4v) is 0.702. The van der Waals surface area contributed by atoms with Crippen molar-refractivity contribution in [2.75, 3.05) is 13.2 Å². The van der Waals surface area contributed by atoms with E-state index < -0.39 is 6.10 Å². The third-order valence-electron chi connectivity index (χ3n) is 1.26. The van der Waals surface area contributed by atoms with Crippen LogP contribution in [0.25, 0.3) is 0 Å². The van der Waals surface area contributed by atoms with E-state index in [4.69, 9.17) is 15.7 Å². The summed E-state index contributed by atoms with van der Waals surface area (Å²) in [4.78, 5) is 0. The predicted octanol–water partition coefficient (Wildman–Crippen LogP) is -1.79. The molecule has 2 atom stereocenters. The number of nitrogens with two attached hydrogens (primary N) is 1. The van der Waals surface area contributed by atoms with Gasteiger partial charge in [-0.15, -0.1) is 0 Å². The largest absolute Gasteiger partial charge is 0.389 e. The van der Waals surface area contributed by atoms with Crippen LogP contribution < -0.4 is 11.3 Å². The number of ether oxygens (including phenoxy) is 1. The normalized spacial score (nSPS) is 38.2. The van der Waals surface area contributed by atoms with Gasteiger partial charge in [0, 0.05) is 0 Å². The molecule has 0 aromatic carbocycles. The topological polar surface area (TPSA) is 67.5 Å². The Labute approximate surface area is 47.6 Å². The van der Waals surface area contributed by atoms with Gasteiger partial charge in [0.15, 0.2) is 0 Å². The highest BCUT2D eigenvalue weighted by molar-refractivity contribution is 4.77. The van der Waals surface area contributed by atoms with Crippen LogP contribution in [0.2, 0.25) is 0 Å². The number of hydrazine groups is 1. The Morgan fingerprint density at radius 1 is 1.62 bits per heavy atom. The third-order valence-corrected chi connectivity index (χ3v) is 1.26. The summed E-state index contributed by atoms with van der Waals surface area (Å²) in [5.74, 6) is 5.03. The van der Waals surface area contributed by atoms with Gasteiger partial charge in [-0.1, -0.05) is 0 Å². The summed E-state index contributed by atoms with van der Waals surface area (Å²) in [7, 11) is 0. The second-order valence-electron chi connectivity index (χ2n) is 1.88. The SMILES string of the molecule is NNC1COCC1O. The van der Waals surface area contributed by atoms with Gasteiger partial charge in [0.25, 0.3) is 0 Å². The second-order valence-corrected chi connectivity index (χ2v) is 1.88. The van der Waals surface area contributed by atoms with Gasteiger partial charge in [-0.3, -0.25) is 11.3 Å². The lowest BCUT2D eigenvalue weighted by Gasteiger charge is -2.08. The van der Waals surface area contributed by atoms with E-state index in [9.17, 15) is 0 Å². The average Bonchev–Trinajstić information content (AvgIpc) is 2.14. The smallest absolute Gasteiger partial charge is 0.0962 e. The molecular weight excluding hydrogens is 108 g/mol. The van der Waals surface area contributed by atoms with E-state index in [1.807, 2.05) is 0 Å². The van der Waals surface area contributed by atoms with Crippen LogP contribution in [0.5, 0.6) is 0 Å². The maximum absolute atomic E-state index is 8.92. The third kappa shape index (κ3) is 0.976. The number of rotatable bonds is 1. The fourth-order valence-electron chi connectivity index (χ4n) is 0.702. The summed E-state index contributed by atoms with van der Waals surface area (Å²) in [6, 6.07) is -0.0741. The van der Waals surface area contributed by atoms with Crippen molar-refractivity contribution in [3.8, 4) is 0 Å². The Hall–Kier alpha value is -0.160. The van der Waals surface area contributed by atoms with Crippen molar-refractivity contribution in [1.29, 1.82) is 0 Å². The standard InChI is InChI=1S/C4H10N2O2/c5-6-3-1-8-2-4(3)7/h3-4,6-7H,1-2,5H2. The minimum atomic E-state index is -0.431. The van der Waals surface area contributed by atoms with Gasteiger partial charge in [0.2, 0.25) is 0 Å². The Morgan fingerprint density at radius 2 is 2.38 bits per heavy atom. The molecule has 8 heavy (non-hydrogen) atoms. The van der Waals surface area contributed by atoms with E-state index in [1.54, 1.807) is 0 Å². The van der Waals surface area contributed by atoms with Gasteiger partial charge in [0.1, 0.15) is 0 Å². The van der Waals surface area contributed by atoms with Gasteiger partial charge in [-0.25, -0.2) is 0 Å². The van der Waals surface area contributed by atoms with Crippen molar-refractivity contribution in [3.05, 3.63) is 0 Å². The van der Waals surface area contributed by atoms with E-state index in [0.29, 0.717) is 13.2 Å². The van der Waals surface area contributed by atoms with Crippen LogP contribution in [-0.4, -0.2) is 30.5 Å². The lowest BCUT2D eigenvalue weighted by atomic mass is 10.2. The molecule has 1 aliphatic rings. The van der Waals surface area contributed by atoms with E-state index in [1.165, 1.54) is 0 Å². The molecule has 1 saturated heterocycles. The number of nitrogens with one attached hydrogen (secondary N) is 1. The number of hydrogen-bond donors (Lipinski definition) is 3. The molecule has 1 heterocycles. The van der Waals surface area contributed by atoms with Crippen LogP contribution in [-0.2, 0) is 4.74 Å². The first-order chi connectivity index (χ1) is 3.84. The molecule has 0 aromatic rings.